The van der Waals surface area contributed by atoms with Crippen molar-refractivity contribution < 1.29 is 38.4 Å². The van der Waals surface area contributed by atoms with Crippen LogP contribution in [0.25, 0.3) is 0 Å². The molecule has 3 N–H and O–H groups in total. The van der Waals surface area contributed by atoms with Crippen LogP contribution in [-0.2, 0) is 11.2 Å². The van der Waals surface area contributed by atoms with Gasteiger partial charge in [0.1, 0.15) is 23.2 Å². The number of aliphatic carboxylic acids is 1. The summed E-state index contributed by atoms with van der Waals surface area (Å²) >= 11 is 0. The molecular weight excluding hydrogens is 350 g/mol. The van der Waals surface area contributed by atoms with Crippen LogP contribution >= 0.6 is 0 Å². The monoisotopic (exact) mass is 366 g/mol. The van der Waals surface area contributed by atoms with Gasteiger partial charge in [-0.05, 0) is 48.4 Å². The smallest absolute Gasteiger partial charge is 0.387 e. The van der Waals surface area contributed by atoms with Gasteiger partial charge in [-0.1, -0.05) is 6.92 Å². The van der Waals surface area contributed by atoms with Gasteiger partial charge in [0.2, 0.25) is 0 Å². The maximum atomic E-state index is 12.6. The fourth-order valence-electron chi connectivity index (χ4n) is 2.57. The molecule has 0 spiro atoms. The fraction of sp³-hybridized carbons (Fsp3) is 0.222. The number of carbonyl (C=O) groups excluding carboxylic acids is 1. The Bertz CT molecular complexity index is 794. The molecule has 1 unspecified atom stereocenters. The number of alkyl halides is 2. The van der Waals surface area contributed by atoms with Crippen LogP contribution in [0.15, 0.2) is 36.4 Å². The first-order valence-corrected chi connectivity index (χ1v) is 7.61. The van der Waals surface area contributed by atoms with Crippen LogP contribution in [0, 0.1) is 0 Å². The largest absolute Gasteiger partial charge is 0.508 e. The maximum Gasteiger partial charge on any atom is 0.387 e. The number of carboxylic acids is 1. The van der Waals surface area contributed by atoms with Crippen LogP contribution in [0.4, 0.5) is 8.78 Å². The first kappa shape index (κ1) is 19.2. The molecule has 2 rings (SSSR count). The minimum absolute atomic E-state index is 0.0439. The zero-order chi connectivity index (χ0) is 19.4. The maximum absolute atomic E-state index is 12.6. The van der Waals surface area contributed by atoms with E-state index in [9.17, 15) is 33.7 Å². The molecule has 1 atom stereocenters. The molecule has 2 aromatic rings. The lowest BCUT2D eigenvalue weighted by Crippen LogP contribution is -2.22. The molecule has 0 aliphatic carbocycles. The molecule has 0 bridgehead atoms. The number of Topliss-reactive ketones (excluding diaryl/α,β-unsaturated/α-hetero) is 1. The number of hydrogen-bond acceptors (Lipinski definition) is 5. The van der Waals surface area contributed by atoms with Crippen molar-refractivity contribution in [1.82, 2.24) is 0 Å². The van der Waals surface area contributed by atoms with E-state index in [-0.39, 0.29) is 33.9 Å². The van der Waals surface area contributed by atoms with Crippen molar-refractivity contribution in [1.29, 1.82) is 0 Å². The molecule has 0 aliphatic rings. The highest BCUT2D eigenvalue weighted by atomic mass is 19.3. The molecule has 8 heteroatoms. The molecule has 0 radical (unpaired) electrons. The molecular formula is C18H16F2O6. The summed E-state index contributed by atoms with van der Waals surface area (Å²) in [6, 6.07) is 6.79. The predicted molar refractivity (Wildman–Crippen MR) is 86.9 cm³/mol. The average Bonchev–Trinajstić information content (AvgIpc) is 2.54. The van der Waals surface area contributed by atoms with E-state index in [4.69, 9.17) is 0 Å². The summed E-state index contributed by atoms with van der Waals surface area (Å²) in [6.07, 6.45) is 0.315. The summed E-state index contributed by atoms with van der Waals surface area (Å²) in [6.45, 7) is -1.33. The van der Waals surface area contributed by atoms with Crippen LogP contribution in [0.5, 0.6) is 17.2 Å². The number of phenols is 2. The minimum atomic E-state index is -3.02. The van der Waals surface area contributed by atoms with Gasteiger partial charge in [-0.2, -0.15) is 8.78 Å². The molecule has 0 heterocycles. The molecule has 26 heavy (non-hydrogen) atoms. The Labute approximate surface area is 147 Å². The van der Waals surface area contributed by atoms with E-state index in [1.165, 1.54) is 0 Å². The van der Waals surface area contributed by atoms with Gasteiger partial charge < -0.3 is 20.1 Å². The molecule has 6 nitrogen and oxygen atoms in total. The second-order valence-corrected chi connectivity index (χ2v) is 5.43. The van der Waals surface area contributed by atoms with Gasteiger partial charge in [0, 0.05) is 11.1 Å². The van der Waals surface area contributed by atoms with Crippen molar-refractivity contribution in [3.63, 3.8) is 0 Å². The summed E-state index contributed by atoms with van der Waals surface area (Å²) in [5.41, 5.74) is 0.0963. The minimum Gasteiger partial charge on any atom is -0.508 e. The summed E-state index contributed by atoms with van der Waals surface area (Å²) in [5.74, 6) is -4.80. The van der Waals surface area contributed by atoms with Crippen molar-refractivity contribution in [3.05, 3.63) is 53.1 Å². The Kier molecular flexibility index (Phi) is 5.76. The molecule has 0 aliphatic heterocycles. The lowest BCUT2D eigenvalue weighted by molar-refractivity contribution is -0.137. The zero-order valence-electron chi connectivity index (χ0n) is 13.6. The standard InChI is InChI=1S/C18H16F2O6/c1-2-12-13(21)7-10(8-14(12)22)15(17(24)25)16(23)9-3-5-11(6-4-9)26-18(19)20/h3-8,15,18,21-22H,2H2,1H3,(H,24,25). The Hall–Kier alpha value is -3.16. The van der Waals surface area contributed by atoms with Gasteiger partial charge in [0.15, 0.2) is 5.78 Å². The number of ether oxygens (including phenoxy) is 1. The van der Waals surface area contributed by atoms with Gasteiger partial charge in [-0.25, -0.2) is 0 Å². The Morgan fingerprint density at radius 3 is 2.04 bits per heavy atom. The summed E-state index contributed by atoms with van der Waals surface area (Å²) in [7, 11) is 0. The number of phenolic OH excluding ortho intramolecular Hbond substituents is 2. The van der Waals surface area contributed by atoms with E-state index >= 15 is 0 Å². The number of hydrogen-bond donors (Lipinski definition) is 3. The Balaban J connectivity index is 2.38. The highest BCUT2D eigenvalue weighted by Gasteiger charge is 2.30. The third-order valence-electron chi connectivity index (χ3n) is 3.79. The van der Waals surface area contributed by atoms with Crippen LogP contribution in [0.2, 0.25) is 0 Å². The van der Waals surface area contributed by atoms with E-state index in [2.05, 4.69) is 4.74 Å². The van der Waals surface area contributed by atoms with Crippen LogP contribution in [0.3, 0.4) is 0 Å². The SMILES string of the molecule is CCc1c(O)cc(C(C(=O)O)C(=O)c2ccc(OC(F)F)cc2)cc1O. The van der Waals surface area contributed by atoms with Crippen molar-refractivity contribution >= 4 is 11.8 Å². The van der Waals surface area contributed by atoms with Crippen molar-refractivity contribution in [2.24, 2.45) is 0 Å². The highest BCUT2D eigenvalue weighted by molar-refractivity contribution is 6.12. The average molecular weight is 366 g/mol. The molecule has 0 saturated heterocycles. The molecule has 0 fully saturated rings. The van der Waals surface area contributed by atoms with Crippen LogP contribution < -0.4 is 4.74 Å². The van der Waals surface area contributed by atoms with E-state index in [0.717, 1.165) is 36.4 Å². The predicted octanol–water partition coefficient (Wildman–Crippen LogP) is 3.31. The van der Waals surface area contributed by atoms with Gasteiger partial charge >= 0.3 is 12.6 Å². The number of rotatable bonds is 7. The number of halogens is 2. The number of carbonyl (C=O) groups is 2. The number of benzene rings is 2. The second kappa shape index (κ2) is 7.81. The topological polar surface area (TPSA) is 104 Å². The number of ketones is 1. The van der Waals surface area contributed by atoms with Crippen molar-refractivity contribution in [2.45, 2.75) is 25.9 Å². The van der Waals surface area contributed by atoms with Crippen molar-refractivity contribution in [3.8, 4) is 17.2 Å². The van der Waals surface area contributed by atoms with Gasteiger partial charge in [0.25, 0.3) is 0 Å². The quantitative estimate of drug-likeness (QED) is 0.513. The molecule has 2 aromatic carbocycles. The third kappa shape index (κ3) is 4.08. The normalized spacial score (nSPS) is 12.0. The molecule has 0 saturated carbocycles. The van der Waals surface area contributed by atoms with E-state index < -0.39 is 24.3 Å². The van der Waals surface area contributed by atoms with Crippen LogP contribution in [-0.4, -0.2) is 33.7 Å². The van der Waals surface area contributed by atoms with Gasteiger partial charge in [-0.15, -0.1) is 0 Å². The highest BCUT2D eigenvalue weighted by Crippen LogP contribution is 2.34. The van der Waals surface area contributed by atoms with Gasteiger partial charge in [0.05, 0.1) is 0 Å². The summed E-state index contributed by atoms with van der Waals surface area (Å²) in [4.78, 5) is 24.2. The molecule has 0 amide bonds. The second-order valence-electron chi connectivity index (χ2n) is 5.43. The van der Waals surface area contributed by atoms with E-state index in [1.807, 2.05) is 0 Å². The molecule has 0 aromatic heterocycles. The fourth-order valence-corrected chi connectivity index (χ4v) is 2.57. The van der Waals surface area contributed by atoms with Gasteiger partial charge in [-0.3, -0.25) is 9.59 Å². The first-order chi connectivity index (χ1) is 12.2. The number of aromatic hydroxyl groups is 2. The van der Waals surface area contributed by atoms with Crippen LogP contribution in [0.1, 0.15) is 34.3 Å². The summed E-state index contributed by atoms with van der Waals surface area (Å²) in [5, 5.41) is 29.3. The Morgan fingerprint density at radius 2 is 1.62 bits per heavy atom. The van der Waals surface area contributed by atoms with E-state index in [0.29, 0.717) is 6.42 Å². The third-order valence-corrected chi connectivity index (χ3v) is 3.79. The lowest BCUT2D eigenvalue weighted by Gasteiger charge is -2.15. The van der Waals surface area contributed by atoms with E-state index in [1.54, 1.807) is 6.92 Å². The Morgan fingerprint density at radius 1 is 1.08 bits per heavy atom. The molecule has 138 valence electrons. The number of carboxylic acid groups (broad SMARTS) is 1. The summed E-state index contributed by atoms with van der Waals surface area (Å²) < 4.78 is 28.5. The zero-order valence-corrected chi connectivity index (χ0v) is 13.6. The first-order valence-electron chi connectivity index (χ1n) is 7.61. The lowest BCUT2D eigenvalue weighted by atomic mass is 9.89. The van der Waals surface area contributed by atoms with Crippen molar-refractivity contribution in [2.75, 3.05) is 0 Å².